The van der Waals surface area contributed by atoms with Gasteiger partial charge >= 0.3 is 0 Å². The highest BCUT2D eigenvalue weighted by Crippen LogP contribution is 2.13. The van der Waals surface area contributed by atoms with Gasteiger partial charge in [0.05, 0.1) is 17.2 Å². The van der Waals surface area contributed by atoms with Crippen LogP contribution in [0.4, 0.5) is 0 Å². The van der Waals surface area contributed by atoms with E-state index in [4.69, 9.17) is 0 Å². The van der Waals surface area contributed by atoms with Crippen LogP contribution in [0, 0.1) is 13.8 Å². The van der Waals surface area contributed by atoms with Crippen molar-refractivity contribution in [2.75, 3.05) is 24.6 Å². The zero-order valence-corrected chi connectivity index (χ0v) is 15.2. The zero-order chi connectivity index (χ0) is 17.0. The van der Waals surface area contributed by atoms with Gasteiger partial charge in [0.1, 0.15) is 0 Å². The molecule has 2 heterocycles. The van der Waals surface area contributed by atoms with Gasteiger partial charge in [-0.25, -0.2) is 8.42 Å². The molecule has 0 bridgehead atoms. The number of nitrogens with zero attached hydrogens (tertiary/aromatic N) is 3. The molecule has 23 heavy (non-hydrogen) atoms. The zero-order valence-electron chi connectivity index (χ0n) is 14.4. The Morgan fingerprint density at radius 1 is 1.43 bits per heavy atom. The lowest BCUT2D eigenvalue weighted by Gasteiger charge is -2.15. The molecule has 2 N–H and O–H groups in total. The molecule has 1 aromatic heterocycles. The first-order chi connectivity index (χ1) is 10.8. The van der Waals surface area contributed by atoms with Crippen molar-refractivity contribution in [3.63, 3.8) is 0 Å². The maximum atomic E-state index is 11.5. The van der Waals surface area contributed by atoms with Gasteiger partial charge in [-0.2, -0.15) is 5.10 Å². The summed E-state index contributed by atoms with van der Waals surface area (Å²) in [7, 11) is -0.939. The molecule has 1 saturated heterocycles. The molecule has 1 aromatic rings. The molecule has 1 atom stereocenters. The van der Waals surface area contributed by atoms with Crippen molar-refractivity contribution in [3.8, 4) is 0 Å². The first-order valence-corrected chi connectivity index (χ1v) is 9.89. The monoisotopic (exact) mass is 341 g/mol. The van der Waals surface area contributed by atoms with Gasteiger partial charge in [0.15, 0.2) is 15.8 Å². The van der Waals surface area contributed by atoms with Crippen molar-refractivity contribution < 1.29 is 8.42 Å². The summed E-state index contributed by atoms with van der Waals surface area (Å²) in [6.45, 7) is 7.46. The van der Waals surface area contributed by atoms with Crippen molar-refractivity contribution in [2.45, 2.75) is 39.7 Å². The second-order valence-corrected chi connectivity index (χ2v) is 8.26. The number of hydrogen-bond donors (Lipinski definition) is 2. The number of sulfone groups is 1. The van der Waals surface area contributed by atoms with Crippen LogP contribution in [-0.4, -0.2) is 54.8 Å². The maximum Gasteiger partial charge on any atom is 0.191 e. The average molecular weight is 341 g/mol. The Kier molecular flexibility index (Phi) is 5.67. The average Bonchev–Trinajstić information content (AvgIpc) is 2.92. The molecule has 0 spiro atoms. The first-order valence-electron chi connectivity index (χ1n) is 8.06. The number of guanidine groups is 1. The Morgan fingerprint density at radius 2 is 2.17 bits per heavy atom. The van der Waals surface area contributed by atoms with Gasteiger partial charge in [-0.05, 0) is 39.2 Å². The highest BCUT2D eigenvalue weighted by Gasteiger charge is 2.28. The SMILES string of the molecule is CCNC(=NCCc1c(C)nn(C)c1C)NC1CCS(=O)(=O)C1. The molecule has 0 aliphatic carbocycles. The van der Waals surface area contributed by atoms with Gasteiger partial charge < -0.3 is 10.6 Å². The molecule has 2 rings (SSSR count). The molecule has 0 aromatic carbocycles. The van der Waals surface area contributed by atoms with Gasteiger partial charge in [0.2, 0.25) is 0 Å². The summed E-state index contributed by atoms with van der Waals surface area (Å²) >= 11 is 0. The van der Waals surface area contributed by atoms with E-state index < -0.39 is 9.84 Å². The van der Waals surface area contributed by atoms with Crippen LogP contribution in [0.25, 0.3) is 0 Å². The Morgan fingerprint density at radius 3 is 2.70 bits per heavy atom. The fourth-order valence-corrected chi connectivity index (χ4v) is 4.55. The highest BCUT2D eigenvalue weighted by molar-refractivity contribution is 7.91. The van der Waals surface area contributed by atoms with E-state index in [1.807, 2.05) is 25.6 Å². The van der Waals surface area contributed by atoms with E-state index in [0.29, 0.717) is 18.9 Å². The number of aryl methyl sites for hydroxylation is 2. The predicted molar refractivity (Wildman–Crippen MR) is 92.6 cm³/mol. The quantitative estimate of drug-likeness (QED) is 0.595. The normalized spacial score (nSPS) is 20.7. The number of rotatable bonds is 5. The molecule has 1 fully saturated rings. The maximum absolute atomic E-state index is 11.5. The lowest BCUT2D eigenvalue weighted by molar-refractivity contribution is 0.599. The van der Waals surface area contributed by atoms with Crippen molar-refractivity contribution in [3.05, 3.63) is 17.0 Å². The van der Waals surface area contributed by atoms with Crippen LogP contribution in [0.5, 0.6) is 0 Å². The van der Waals surface area contributed by atoms with Crippen LogP contribution < -0.4 is 10.6 Å². The van der Waals surface area contributed by atoms with E-state index in [1.165, 1.54) is 5.56 Å². The fourth-order valence-electron chi connectivity index (χ4n) is 2.88. The molecule has 8 heteroatoms. The lowest BCUT2D eigenvalue weighted by atomic mass is 10.1. The van der Waals surface area contributed by atoms with E-state index >= 15 is 0 Å². The molecule has 0 radical (unpaired) electrons. The molecular weight excluding hydrogens is 314 g/mol. The van der Waals surface area contributed by atoms with Gasteiger partial charge in [-0.15, -0.1) is 0 Å². The molecule has 1 aliphatic heterocycles. The summed E-state index contributed by atoms with van der Waals surface area (Å²) in [5.74, 6) is 1.14. The third-order valence-corrected chi connectivity index (χ3v) is 5.98. The van der Waals surface area contributed by atoms with E-state index in [2.05, 4.69) is 27.6 Å². The minimum absolute atomic E-state index is 0.0420. The number of aliphatic imine (C=N–C) groups is 1. The van der Waals surface area contributed by atoms with Crippen molar-refractivity contribution in [1.82, 2.24) is 20.4 Å². The Balaban J connectivity index is 1.96. The standard InChI is InChI=1S/C15H27N5O2S/c1-5-16-15(18-13-7-9-23(21,22)10-13)17-8-6-14-11(2)19-20(4)12(14)3/h13H,5-10H2,1-4H3,(H2,16,17,18). The molecule has 130 valence electrons. The van der Waals surface area contributed by atoms with E-state index in [0.717, 1.165) is 24.4 Å². The van der Waals surface area contributed by atoms with E-state index in [9.17, 15) is 8.42 Å². The van der Waals surface area contributed by atoms with Crippen molar-refractivity contribution in [2.24, 2.45) is 12.0 Å². The lowest BCUT2D eigenvalue weighted by Crippen LogP contribution is -2.44. The number of aromatic nitrogens is 2. The van der Waals surface area contributed by atoms with Crippen LogP contribution in [0.15, 0.2) is 4.99 Å². The molecule has 7 nitrogen and oxygen atoms in total. The van der Waals surface area contributed by atoms with Crippen LogP contribution in [0.3, 0.4) is 0 Å². The Bertz CT molecular complexity index is 678. The van der Waals surface area contributed by atoms with E-state index in [-0.39, 0.29) is 17.5 Å². The minimum Gasteiger partial charge on any atom is -0.357 e. The topological polar surface area (TPSA) is 88.4 Å². The second-order valence-electron chi connectivity index (χ2n) is 6.03. The van der Waals surface area contributed by atoms with Crippen molar-refractivity contribution in [1.29, 1.82) is 0 Å². The third-order valence-electron chi connectivity index (χ3n) is 4.21. The van der Waals surface area contributed by atoms with E-state index in [1.54, 1.807) is 0 Å². The van der Waals surface area contributed by atoms with Gasteiger partial charge in [-0.3, -0.25) is 9.67 Å². The smallest absolute Gasteiger partial charge is 0.191 e. The second kappa shape index (κ2) is 7.33. The predicted octanol–water partition coefficient (Wildman–Crippen LogP) is 0.322. The van der Waals surface area contributed by atoms with Gasteiger partial charge in [0.25, 0.3) is 0 Å². The molecular formula is C15H27N5O2S. The van der Waals surface area contributed by atoms with Gasteiger partial charge in [-0.1, -0.05) is 0 Å². The van der Waals surface area contributed by atoms with Gasteiger partial charge in [0, 0.05) is 31.9 Å². The summed E-state index contributed by atoms with van der Waals surface area (Å²) in [6, 6.07) is -0.0420. The van der Waals surface area contributed by atoms with Crippen LogP contribution in [0.1, 0.15) is 30.3 Å². The van der Waals surface area contributed by atoms with Crippen molar-refractivity contribution >= 4 is 15.8 Å². The molecule has 0 amide bonds. The Hall–Kier alpha value is -1.57. The van der Waals surface area contributed by atoms with Crippen LogP contribution in [-0.2, 0) is 23.3 Å². The molecule has 1 aliphatic rings. The highest BCUT2D eigenvalue weighted by atomic mass is 32.2. The fraction of sp³-hybridized carbons (Fsp3) is 0.733. The number of nitrogens with one attached hydrogen (secondary N) is 2. The molecule has 0 saturated carbocycles. The Labute approximate surface area is 138 Å². The van der Waals surface area contributed by atoms with Crippen LogP contribution in [0.2, 0.25) is 0 Å². The number of hydrogen-bond acceptors (Lipinski definition) is 4. The minimum atomic E-state index is -2.88. The van der Waals surface area contributed by atoms with Crippen LogP contribution >= 0.6 is 0 Å². The summed E-state index contributed by atoms with van der Waals surface area (Å²) in [4.78, 5) is 4.57. The summed E-state index contributed by atoms with van der Waals surface area (Å²) in [5, 5.41) is 10.8. The molecule has 1 unspecified atom stereocenters. The first kappa shape index (κ1) is 17.8. The third kappa shape index (κ3) is 4.70. The summed E-state index contributed by atoms with van der Waals surface area (Å²) < 4.78 is 25.0. The summed E-state index contributed by atoms with van der Waals surface area (Å²) in [6.07, 6.45) is 1.47. The largest absolute Gasteiger partial charge is 0.357 e. The summed E-state index contributed by atoms with van der Waals surface area (Å²) in [5.41, 5.74) is 3.44.